The number of hydrogen-bond donors (Lipinski definition) is 1. The lowest BCUT2D eigenvalue weighted by molar-refractivity contribution is 0.0444. The van der Waals surface area contributed by atoms with E-state index in [1.807, 2.05) is 24.3 Å². The maximum atomic E-state index is 12.6. The molecule has 0 unspecified atom stereocenters. The molecule has 2 aromatic heterocycles. The van der Waals surface area contributed by atoms with Gasteiger partial charge >= 0.3 is 5.97 Å². The van der Waals surface area contributed by atoms with Crippen molar-refractivity contribution in [3.63, 3.8) is 0 Å². The fraction of sp³-hybridized carbons (Fsp3) is 0.0952. The van der Waals surface area contributed by atoms with E-state index in [1.165, 1.54) is 12.1 Å². The Morgan fingerprint density at radius 3 is 2.71 bits per heavy atom. The fourth-order valence-corrected chi connectivity index (χ4v) is 3.31. The maximum absolute atomic E-state index is 12.6. The average molecular weight is 396 g/mol. The van der Waals surface area contributed by atoms with E-state index in [-0.39, 0.29) is 22.5 Å². The summed E-state index contributed by atoms with van der Waals surface area (Å²) < 4.78 is 10.5. The maximum Gasteiger partial charge on any atom is 0.374 e. The van der Waals surface area contributed by atoms with Crippen molar-refractivity contribution in [2.45, 2.75) is 6.92 Å². The number of aromatic nitrogens is 1. The van der Waals surface area contributed by atoms with Gasteiger partial charge in [0.25, 0.3) is 0 Å². The Morgan fingerprint density at radius 2 is 1.89 bits per heavy atom. The van der Waals surface area contributed by atoms with Crippen LogP contribution in [0.1, 0.15) is 26.6 Å². The number of Topliss-reactive ketones (excluding diaryl/α,β-unsaturated/α-hetero) is 1. The molecule has 140 valence electrons. The fourth-order valence-electron chi connectivity index (χ4n) is 3.14. The van der Waals surface area contributed by atoms with Crippen LogP contribution < -0.4 is 5.43 Å². The third-order valence-corrected chi connectivity index (χ3v) is 4.63. The number of carbonyl (C=O) groups excluding carboxylic acids is 2. The Kier molecular flexibility index (Phi) is 4.49. The van der Waals surface area contributed by atoms with Crippen molar-refractivity contribution < 1.29 is 18.7 Å². The van der Waals surface area contributed by atoms with Crippen LogP contribution in [0, 0.1) is 6.92 Å². The van der Waals surface area contributed by atoms with Crippen LogP contribution in [0.2, 0.25) is 5.02 Å². The molecule has 4 rings (SSSR count). The molecular weight excluding hydrogens is 382 g/mol. The summed E-state index contributed by atoms with van der Waals surface area (Å²) in [4.78, 5) is 40.2. The van der Waals surface area contributed by atoms with Crippen molar-refractivity contribution in [2.24, 2.45) is 0 Å². The molecule has 4 aromatic rings. The van der Waals surface area contributed by atoms with Crippen LogP contribution in [-0.2, 0) is 4.74 Å². The first-order chi connectivity index (χ1) is 13.4. The molecule has 0 atom stereocenters. The van der Waals surface area contributed by atoms with Gasteiger partial charge in [0.1, 0.15) is 5.58 Å². The second-order valence-electron chi connectivity index (χ2n) is 6.29. The van der Waals surface area contributed by atoms with Gasteiger partial charge in [0.2, 0.25) is 11.5 Å². The highest BCUT2D eigenvalue weighted by molar-refractivity contribution is 6.31. The molecule has 0 saturated carbocycles. The van der Waals surface area contributed by atoms with Gasteiger partial charge in [-0.1, -0.05) is 29.8 Å². The number of para-hydroxylation sites is 1. The predicted molar refractivity (Wildman–Crippen MR) is 105 cm³/mol. The second-order valence-corrected chi connectivity index (χ2v) is 6.72. The Morgan fingerprint density at radius 1 is 1.11 bits per heavy atom. The van der Waals surface area contributed by atoms with Crippen LogP contribution in [0.25, 0.3) is 21.9 Å². The quantitative estimate of drug-likeness (QED) is 0.411. The highest BCUT2D eigenvalue weighted by atomic mass is 35.5. The summed E-state index contributed by atoms with van der Waals surface area (Å²) in [5.74, 6) is -1.51. The number of esters is 1. The van der Waals surface area contributed by atoms with Crippen molar-refractivity contribution in [1.82, 2.24) is 4.98 Å². The largest absolute Gasteiger partial charge is 0.451 e. The molecule has 0 bridgehead atoms. The number of benzene rings is 2. The number of aryl methyl sites for hydroxylation is 1. The molecule has 0 aliphatic heterocycles. The molecule has 0 aliphatic carbocycles. The molecule has 1 N–H and O–H groups in total. The van der Waals surface area contributed by atoms with E-state index in [4.69, 9.17) is 20.8 Å². The van der Waals surface area contributed by atoms with Gasteiger partial charge in [-0.05, 0) is 31.2 Å². The number of ketones is 1. The van der Waals surface area contributed by atoms with E-state index in [9.17, 15) is 14.4 Å². The van der Waals surface area contributed by atoms with Gasteiger partial charge in [0, 0.05) is 33.2 Å². The first-order valence-corrected chi connectivity index (χ1v) is 8.83. The number of aromatic amines is 1. The Labute approximate surface area is 163 Å². The SMILES string of the molecule is Cc1[nH]c2ccccc2c1C(=O)COC(=O)c1cc(=O)c2cc(Cl)ccc2o1. The predicted octanol–water partition coefficient (Wildman–Crippen LogP) is 4.28. The Bertz CT molecular complexity index is 1300. The normalized spacial score (nSPS) is 11.1. The van der Waals surface area contributed by atoms with E-state index in [0.29, 0.717) is 16.3 Å². The van der Waals surface area contributed by atoms with Gasteiger partial charge in [0.15, 0.2) is 12.0 Å². The van der Waals surface area contributed by atoms with E-state index >= 15 is 0 Å². The molecule has 28 heavy (non-hydrogen) atoms. The zero-order valence-corrected chi connectivity index (χ0v) is 15.5. The first-order valence-electron chi connectivity index (χ1n) is 8.45. The molecule has 2 heterocycles. The summed E-state index contributed by atoms with van der Waals surface area (Å²) in [6, 6.07) is 12.9. The topological polar surface area (TPSA) is 89.4 Å². The molecule has 2 aromatic carbocycles. The molecule has 0 saturated heterocycles. The lowest BCUT2D eigenvalue weighted by Crippen LogP contribution is -2.16. The van der Waals surface area contributed by atoms with Gasteiger partial charge in [-0.25, -0.2) is 4.79 Å². The molecule has 0 amide bonds. The lowest BCUT2D eigenvalue weighted by atomic mass is 10.1. The summed E-state index contributed by atoms with van der Waals surface area (Å²) >= 11 is 5.87. The van der Waals surface area contributed by atoms with Gasteiger partial charge in [0.05, 0.1) is 5.39 Å². The second kappa shape index (κ2) is 6.98. The third kappa shape index (κ3) is 3.18. The molecule has 0 fully saturated rings. The molecule has 6 nitrogen and oxygen atoms in total. The number of carbonyl (C=O) groups is 2. The zero-order valence-electron chi connectivity index (χ0n) is 14.7. The number of fused-ring (bicyclic) bond motifs is 2. The van der Waals surface area contributed by atoms with Gasteiger partial charge in [-0.15, -0.1) is 0 Å². The number of rotatable bonds is 4. The minimum absolute atomic E-state index is 0.211. The van der Waals surface area contributed by atoms with Crippen LogP contribution in [0.3, 0.4) is 0 Å². The molecule has 7 heteroatoms. The van der Waals surface area contributed by atoms with Crippen molar-refractivity contribution >= 4 is 45.2 Å². The van der Waals surface area contributed by atoms with E-state index in [1.54, 1.807) is 13.0 Å². The average Bonchev–Trinajstić information content (AvgIpc) is 3.02. The smallest absolute Gasteiger partial charge is 0.374 e. The minimum Gasteiger partial charge on any atom is -0.451 e. The van der Waals surface area contributed by atoms with Crippen molar-refractivity contribution in [1.29, 1.82) is 0 Å². The number of H-pyrrole nitrogens is 1. The Hall–Kier alpha value is -3.38. The first kappa shape index (κ1) is 18.0. The van der Waals surface area contributed by atoms with E-state index < -0.39 is 18.0 Å². The van der Waals surface area contributed by atoms with Crippen LogP contribution >= 0.6 is 11.6 Å². The van der Waals surface area contributed by atoms with Crippen LogP contribution in [0.4, 0.5) is 0 Å². The summed E-state index contributed by atoms with van der Waals surface area (Å²) in [6.07, 6.45) is 0. The molecule has 0 spiro atoms. The lowest BCUT2D eigenvalue weighted by Gasteiger charge is -2.05. The zero-order chi connectivity index (χ0) is 19.8. The Balaban J connectivity index is 1.56. The van der Waals surface area contributed by atoms with Crippen molar-refractivity contribution in [2.75, 3.05) is 6.61 Å². The van der Waals surface area contributed by atoms with Gasteiger partial charge in [-0.3, -0.25) is 9.59 Å². The van der Waals surface area contributed by atoms with Crippen molar-refractivity contribution in [3.05, 3.63) is 80.8 Å². The van der Waals surface area contributed by atoms with E-state index in [0.717, 1.165) is 17.0 Å². The molecule has 0 aliphatic rings. The third-order valence-electron chi connectivity index (χ3n) is 4.40. The minimum atomic E-state index is -0.889. The van der Waals surface area contributed by atoms with Gasteiger partial charge < -0.3 is 14.1 Å². The van der Waals surface area contributed by atoms with E-state index in [2.05, 4.69) is 4.98 Å². The van der Waals surface area contributed by atoms with Crippen LogP contribution in [0.5, 0.6) is 0 Å². The number of ether oxygens (including phenoxy) is 1. The van der Waals surface area contributed by atoms with Crippen LogP contribution in [0.15, 0.2) is 57.7 Å². The summed E-state index contributed by atoms with van der Waals surface area (Å²) in [5.41, 5.74) is 1.78. The highest BCUT2D eigenvalue weighted by Gasteiger charge is 2.20. The monoisotopic (exact) mass is 395 g/mol. The summed E-state index contributed by atoms with van der Waals surface area (Å²) in [7, 11) is 0. The number of nitrogens with one attached hydrogen (secondary N) is 1. The number of halogens is 1. The molecular formula is C21H14ClNO5. The molecule has 0 radical (unpaired) electrons. The summed E-state index contributed by atoms with van der Waals surface area (Å²) in [6.45, 7) is 1.31. The van der Waals surface area contributed by atoms with Crippen molar-refractivity contribution in [3.8, 4) is 0 Å². The highest BCUT2D eigenvalue weighted by Crippen LogP contribution is 2.23. The van der Waals surface area contributed by atoms with Crippen LogP contribution in [-0.4, -0.2) is 23.3 Å². The standard InChI is InChI=1S/C21H14ClNO5/c1-11-20(13-4-2-3-5-15(13)23-11)17(25)10-27-21(26)19-9-16(24)14-8-12(22)6-7-18(14)28-19/h2-9,23H,10H2,1H3. The van der Waals surface area contributed by atoms with Gasteiger partial charge in [-0.2, -0.15) is 0 Å². The number of hydrogen-bond acceptors (Lipinski definition) is 5. The summed E-state index contributed by atoms with van der Waals surface area (Å²) in [5, 5.41) is 1.40.